The third kappa shape index (κ3) is 2.80. The molecule has 0 aliphatic carbocycles. The number of anilines is 1. The van der Waals surface area contributed by atoms with Gasteiger partial charge in [0.1, 0.15) is 5.75 Å². The largest absolute Gasteiger partial charge is 0.497 e. The van der Waals surface area contributed by atoms with Gasteiger partial charge in [-0.05, 0) is 64.9 Å². The van der Waals surface area contributed by atoms with Crippen LogP contribution in [0, 0.1) is 2.88 Å². The smallest absolute Gasteiger partial charge is 0.208 e. The second-order valence-electron chi connectivity index (χ2n) is 5.28. The van der Waals surface area contributed by atoms with Gasteiger partial charge in [0.15, 0.2) is 0 Å². The first-order chi connectivity index (χ1) is 11.7. The number of nitrogens with zero attached hydrogens (tertiary/aromatic N) is 1. The highest BCUT2D eigenvalue weighted by Gasteiger charge is 2.33. The van der Waals surface area contributed by atoms with E-state index < -0.39 is 6.30 Å². The van der Waals surface area contributed by atoms with Crippen LogP contribution in [-0.4, -0.2) is 7.11 Å². The van der Waals surface area contributed by atoms with E-state index in [0.717, 1.165) is 35.2 Å². The molecule has 2 heterocycles. The minimum absolute atomic E-state index is 0.726. The number of fused-ring (bicyclic) bond motifs is 3. The minimum atomic E-state index is -1.17. The van der Waals surface area contributed by atoms with Crippen LogP contribution in [0.4, 0.5) is 10.1 Å². The van der Waals surface area contributed by atoms with Gasteiger partial charge in [0.2, 0.25) is 6.30 Å². The standard InChI is InChI=1S/C18H13FINOS2/c1-22-11-6-8-12(9-7-11)24-21-15-10-16(20)23-17(15)13-4-2-3-5-14(13)18(21)19/h2-10,18H,1H3/t18-/m0/s1. The maximum atomic E-state index is 15.2. The van der Waals surface area contributed by atoms with E-state index in [1.165, 1.54) is 11.9 Å². The predicted molar refractivity (Wildman–Crippen MR) is 108 cm³/mol. The molecule has 2 nitrogen and oxygen atoms in total. The van der Waals surface area contributed by atoms with E-state index >= 15 is 4.39 Å². The van der Waals surface area contributed by atoms with Gasteiger partial charge in [0.25, 0.3) is 0 Å². The van der Waals surface area contributed by atoms with Crippen molar-refractivity contribution >= 4 is 51.6 Å². The number of ether oxygens (including phenoxy) is 1. The minimum Gasteiger partial charge on any atom is -0.497 e. The van der Waals surface area contributed by atoms with Gasteiger partial charge in [-0.15, -0.1) is 11.3 Å². The van der Waals surface area contributed by atoms with Crippen molar-refractivity contribution in [3.8, 4) is 16.2 Å². The Morgan fingerprint density at radius 2 is 1.92 bits per heavy atom. The Bertz CT molecular complexity index is 881. The molecule has 4 rings (SSSR count). The third-order valence-corrected chi connectivity index (χ3v) is 6.83. The Labute approximate surface area is 161 Å². The molecule has 1 aliphatic rings. The summed E-state index contributed by atoms with van der Waals surface area (Å²) in [6.45, 7) is 0. The highest BCUT2D eigenvalue weighted by molar-refractivity contribution is 14.1. The Balaban J connectivity index is 1.75. The molecule has 122 valence electrons. The quantitative estimate of drug-likeness (QED) is 0.246. The first-order valence-corrected chi connectivity index (χ1v) is 9.98. The van der Waals surface area contributed by atoms with Crippen LogP contribution in [0.1, 0.15) is 11.9 Å². The summed E-state index contributed by atoms with van der Waals surface area (Å²) in [5.41, 5.74) is 2.67. The topological polar surface area (TPSA) is 12.5 Å². The summed E-state index contributed by atoms with van der Waals surface area (Å²) in [4.78, 5) is 2.11. The summed E-state index contributed by atoms with van der Waals surface area (Å²) in [5.74, 6) is 0.797. The van der Waals surface area contributed by atoms with Gasteiger partial charge < -0.3 is 4.74 Å². The Hall–Kier alpha value is -1.25. The van der Waals surface area contributed by atoms with Crippen molar-refractivity contribution in [3.63, 3.8) is 0 Å². The van der Waals surface area contributed by atoms with Gasteiger partial charge >= 0.3 is 0 Å². The molecule has 1 aromatic heterocycles. The lowest BCUT2D eigenvalue weighted by Gasteiger charge is -2.32. The molecule has 0 saturated heterocycles. The van der Waals surface area contributed by atoms with Crippen molar-refractivity contribution in [2.24, 2.45) is 0 Å². The molecule has 2 aromatic carbocycles. The number of halogens is 2. The number of alkyl halides is 1. The fourth-order valence-electron chi connectivity index (χ4n) is 2.71. The molecule has 0 unspecified atom stereocenters. The number of hydrogen-bond donors (Lipinski definition) is 0. The Morgan fingerprint density at radius 3 is 2.67 bits per heavy atom. The zero-order valence-electron chi connectivity index (χ0n) is 12.7. The van der Waals surface area contributed by atoms with Crippen molar-refractivity contribution in [3.05, 3.63) is 63.0 Å². The molecule has 0 radical (unpaired) electrons. The van der Waals surface area contributed by atoms with Gasteiger partial charge in [0, 0.05) is 16.0 Å². The lowest BCUT2D eigenvalue weighted by atomic mass is 10.0. The molecule has 0 fully saturated rings. The second kappa shape index (κ2) is 6.57. The number of hydrogen-bond acceptors (Lipinski definition) is 4. The molecule has 1 aliphatic heterocycles. The maximum Gasteiger partial charge on any atom is 0.208 e. The average Bonchev–Trinajstić information content (AvgIpc) is 3.01. The molecule has 0 spiro atoms. The van der Waals surface area contributed by atoms with Gasteiger partial charge in [-0.2, -0.15) is 0 Å². The van der Waals surface area contributed by atoms with Crippen LogP contribution < -0.4 is 9.04 Å². The van der Waals surface area contributed by atoms with Crippen LogP contribution in [0.25, 0.3) is 10.4 Å². The summed E-state index contributed by atoms with van der Waals surface area (Å²) >= 11 is 5.42. The zero-order chi connectivity index (χ0) is 16.7. The molecule has 1 atom stereocenters. The number of rotatable bonds is 3. The third-order valence-electron chi connectivity index (χ3n) is 3.85. The van der Waals surface area contributed by atoms with Crippen LogP contribution in [0.5, 0.6) is 5.75 Å². The highest BCUT2D eigenvalue weighted by Crippen LogP contribution is 2.53. The van der Waals surface area contributed by atoms with Crippen LogP contribution in [-0.2, 0) is 0 Å². The van der Waals surface area contributed by atoms with E-state index in [-0.39, 0.29) is 0 Å². The summed E-state index contributed by atoms with van der Waals surface area (Å²) in [7, 11) is 1.64. The second-order valence-corrected chi connectivity index (χ2v) is 9.27. The fourth-order valence-corrected chi connectivity index (χ4v) is 5.58. The van der Waals surface area contributed by atoms with E-state index in [1.54, 1.807) is 22.8 Å². The highest BCUT2D eigenvalue weighted by atomic mass is 127. The number of thiophene rings is 1. The molecule has 0 saturated carbocycles. The van der Waals surface area contributed by atoms with Gasteiger partial charge in [-0.1, -0.05) is 24.3 Å². The van der Waals surface area contributed by atoms with Crippen molar-refractivity contribution in [1.82, 2.24) is 0 Å². The predicted octanol–water partition coefficient (Wildman–Crippen LogP) is 6.52. The van der Waals surface area contributed by atoms with E-state index in [1.807, 2.05) is 48.5 Å². The van der Waals surface area contributed by atoms with Crippen molar-refractivity contribution in [1.29, 1.82) is 0 Å². The molecular formula is C18H13FINOS2. The molecule has 0 amide bonds. The maximum absolute atomic E-state index is 15.2. The molecule has 0 N–H and O–H groups in total. The fraction of sp³-hybridized carbons (Fsp3) is 0.111. The average molecular weight is 469 g/mol. The zero-order valence-corrected chi connectivity index (χ0v) is 16.5. The van der Waals surface area contributed by atoms with Crippen LogP contribution >= 0.6 is 45.9 Å². The summed E-state index contributed by atoms with van der Waals surface area (Å²) in [6, 6.07) is 17.5. The SMILES string of the molecule is COc1ccc(SN2c3cc(I)sc3-c3ccccc3[C@H]2F)cc1. The molecule has 6 heteroatoms. The first-order valence-electron chi connectivity index (χ1n) is 7.31. The van der Waals surface area contributed by atoms with E-state index in [2.05, 4.69) is 28.7 Å². The van der Waals surface area contributed by atoms with E-state index in [4.69, 9.17) is 4.74 Å². The summed E-state index contributed by atoms with van der Waals surface area (Å²) in [6.07, 6.45) is -1.17. The first kappa shape index (κ1) is 16.2. The van der Waals surface area contributed by atoms with Crippen LogP contribution in [0.2, 0.25) is 0 Å². The monoisotopic (exact) mass is 469 g/mol. The summed E-state index contributed by atoms with van der Waals surface area (Å²) < 4.78 is 23.3. The molecule has 3 aromatic rings. The molecular weight excluding hydrogens is 456 g/mol. The Kier molecular flexibility index (Phi) is 4.44. The van der Waals surface area contributed by atoms with Gasteiger partial charge in [0.05, 0.1) is 20.6 Å². The molecule has 24 heavy (non-hydrogen) atoms. The normalized spacial score (nSPS) is 15.8. The molecule has 0 bridgehead atoms. The van der Waals surface area contributed by atoms with Crippen LogP contribution in [0.3, 0.4) is 0 Å². The van der Waals surface area contributed by atoms with E-state index in [0.29, 0.717) is 0 Å². The van der Waals surface area contributed by atoms with Crippen molar-refractivity contribution < 1.29 is 9.13 Å². The van der Waals surface area contributed by atoms with Crippen molar-refractivity contribution in [2.45, 2.75) is 11.2 Å². The Morgan fingerprint density at radius 1 is 1.17 bits per heavy atom. The number of benzene rings is 2. The summed E-state index contributed by atoms with van der Waals surface area (Å²) in [5, 5.41) is 0. The number of methoxy groups -OCH3 is 1. The lowest BCUT2D eigenvalue weighted by molar-refractivity contribution is 0.362. The van der Waals surface area contributed by atoms with Crippen molar-refractivity contribution in [2.75, 3.05) is 11.4 Å². The lowest BCUT2D eigenvalue weighted by Crippen LogP contribution is -2.22. The van der Waals surface area contributed by atoms with Crippen LogP contribution in [0.15, 0.2) is 59.5 Å². The van der Waals surface area contributed by atoms with E-state index in [9.17, 15) is 0 Å². The van der Waals surface area contributed by atoms with Gasteiger partial charge in [-0.25, -0.2) is 4.39 Å². The van der Waals surface area contributed by atoms with Gasteiger partial charge in [-0.3, -0.25) is 4.31 Å².